The molecule has 2 amide bonds. The van der Waals surface area contributed by atoms with Crippen LogP contribution in [-0.2, 0) is 16.1 Å². The molecule has 0 radical (unpaired) electrons. The summed E-state index contributed by atoms with van der Waals surface area (Å²) in [5, 5.41) is 2.86. The molecule has 0 spiro atoms. The van der Waals surface area contributed by atoms with E-state index in [1.54, 1.807) is 26.2 Å². The Morgan fingerprint density at radius 2 is 2.08 bits per heavy atom. The summed E-state index contributed by atoms with van der Waals surface area (Å²) in [6, 6.07) is 12.1. The van der Waals surface area contributed by atoms with Crippen molar-refractivity contribution < 1.29 is 18.7 Å². The van der Waals surface area contributed by atoms with Crippen LogP contribution in [0, 0.1) is 18.7 Å². The third kappa shape index (κ3) is 3.69. The lowest BCUT2D eigenvalue weighted by molar-refractivity contribution is -0.126. The lowest BCUT2D eigenvalue weighted by Crippen LogP contribution is -2.32. The zero-order chi connectivity index (χ0) is 18.7. The second-order valence-corrected chi connectivity index (χ2v) is 6.37. The van der Waals surface area contributed by atoms with Crippen molar-refractivity contribution in [1.82, 2.24) is 5.32 Å². The minimum atomic E-state index is -0.457. The zero-order valence-electron chi connectivity index (χ0n) is 14.8. The number of methoxy groups -OCH3 is 1. The van der Waals surface area contributed by atoms with Crippen LogP contribution in [0.4, 0.5) is 10.1 Å². The number of para-hydroxylation sites is 1. The van der Waals surface area contributed by atoms with E-state index < -0.39 is 5.92 Å². The van der Waals surface area contributed by atoms with E-state index in [1.165, 1.54) is 11.0 Å². The normalized spacial score (nSPS) is 16.7. The van der Waals surface area contributed by atoms with Crippen molar-refractivity contribution in [2.75, 3.05) is 18.6 Å². The van der Waals surface area contributed by atoms with Gasteiger partial charge in [-0.15, -0.1) is 0 Å². The van der Waals surface area contributed by atoms with E-state index in [9.17, 15) is 14.0 Å². The molecule has 2 aromatic carbocycles. The lowest BCUT2D eigenvalue weighted by atomic mass is 10.1. The Morgan fingerprint density at radius 1 is 1.31 bits per heavy atom. The fraction of sp³-hybridized carbons (Fsp3) is 0.300. The Hall–Kier alpha value is -2.89. The number of amides is 2. The molecule has 1 N–H and O–H groups in total. The molecule has 2 aromatic rings. The smallest absolute Gasteiger partial charge is 0.227 e. The largest absolute Gasteiger partial charge is 0.496 e. The summed E-state index contributed by atoms with van der Waals surface area (Å²) < 4.78 is 19.0. The maximum atomic E-state index is 13.8. The van der Waals surface area contributed by atoms with Crippen LogP contribution in [0.3, 0.4) is 0 Å². The Bertz CT molecular complexity index is 838. The van der Waals surface area contributed by atoms with Crippen molar-refractivity contribution in [3.8, 4) is 5.75 Å². The highest BCUT2D eigenvalue weighted by atomic mass is 19.1. The molecule has 1 fully saturated rings. The maximum absolute atomic E-state index is 13.8. The van der Waals surface area contributed by atoms with Crippen molar-refractivity contribution in [1.29, 1.82) is 0 Å². The van der Waals surface area contributed by atoms with Crippen LogP contribution in [0.25, 0.3) is 0 Å². The van der Waals surface area contributed by atoms with E-state index in [-0.39, 0.29) is 30.6 Å². The number of halogens is 1. The first-order valence-corrected chi connectivity index (χ1v) is 8.45. The molecule has 1 aliphatic rings. The van der Waals surface area contributed by atoms with Gasteiger partial charge in [-0.2, -0.15) is 0 Å². The molecule has 1 aliphatic heterocycles. The lowest BCUT2D eigenvalue weighted by Gasteiger charge is -2.17. The highest BCUT2D eigenvalue weighted by molar-refractivity contribution is 6.00. The van der Waals surface area contributed by atoms with Gasteiger partial charge in [-0.1, -0.05) is 24.3 Å². The minimum Gasteiger partial charge on any atom is -0.496 e. The van der Waals surface area contributed by atoms with Crippen LogP contribution >= 0.6 is 0 Å². The highest BCUT2D eigenvalue weighted by Gasteiger charge is 2.35. The van der Waals surface area contributed by atoms with Gasteiger partial charge in [-0.05, 0) is 30.7 Å². The third-order valence-corrected chi connectivity index (χ3v) is 4.61. The number of carbonyl (C=O) groups is 2. The number of benzene rings is 2. The van der Waals surface area contributed by atoms with E-state index in [1.807, 2.05) is 24.3 Å². The Labute approximate surface area is 151 Å². The molecule has 5 nitrogen and oxygen atoms in total. The predicted molar refractivity (Wildman–Crippen MR) is 96.4 cm³/mol. The molecule has 1 saturated heterocycles. The Balaban J connectivity index is 1.64. The van der Waals surface area contributed by atoms with Crippen LogP contribution in [0.15, 0.2) is 42.5 Å². The van der Waals surface area contributed by atoms with Gasteiger partial charge in [0.1, 0.15) is 11.6 Å². The van der Waals surface area contributed by atoms with E-state index in [4.69, 9.17) is 4.74 Å². The van der Waals surface area contributed by atoms with Crippen molar-refractivity contribution in [2.24, 2.45) is 5.92 Å². The average molecular weight is 356 g/mol. The quantitative estimate of drug-likeness (QED) is 0.896. The predicted octanol–water partition coefficient (Wildman–Crippen LogP) is 2.81. The summed E-state index contributed by atoms with van der Waals surface area (Å²) in [6.07, 6.45) is 0.118. The van der Waals surface area contributed by atoms with Crippen molar-refractivity contribution in [3.63, 3.8) is 0 Å². The van der Waals surface area contributed by atoms with Crippen LogP contribution in [0.2, 0.25) is 0 Å². The molecule has 3 rings (SSSR count). The van der Waals surface area contributed by atoms with Gasteiger partial charge in [0.05, 0.1) is 13.0 Å². The number of nitrogens with one attached hydrogen (secondary N) is 1. The summed E-state index contributed by atoms with van der Waals surface area (Å²) in [5.41, 5.74) is 1.87. The maximum Gasteiger partial charge on any atom is 0.227 e. The molecule has 0 saturated carbocycles. The Morgan fingerprint density at radius 3 is 2.81 bits per heavy atom. The first-order valence-electron chi connectivity index (χ1n) is 8.45. The first kappa shape index (κ1) is 17.9. The molecule has 6 heteroatoms. The number of rotatable bonds is 5. The molecule has 0 unspecified atom stereocenters. The van der Waals surface area contributed by atoms with Gasteiger partial charge < -0.3 is 15.0 Å². The molecule has 0 bridgehead atoms. The summed E-state index contributed by atoms with van der Waals surface area (Å²) >= 11 is 0. The second-order valence-electron chi connectivity index (χ2n) is 6.37. The van der Waals surface area contributed by atoms with Gasteiger partial charge in [0.25, 0.3) is 0 Å². The van der Waals surface area contributed by atoms with Gasteiger partial charge in [0, 0.05) is 30.8 Å². The number of anilines is 1. The monoisotopic (exact) mass is 356 g/mol. The van der Waals surface area contributed by atoms with Crippen molar-refractivity contribution in [2.45, 2.75) is 19.9 Å². The topological polar surface area (TPSA) is 58.6 Å². The van der Waals surface area contributed by atoms with E-state index in [2.05, 4.69) is 5.32 Å². The van der Waals surface area contributed by atoms with Gasteiger partial charge in [0.15, 0.2) is 0 Å². The van der Waals surface area contributed by atoms with Crippen LogP contribution in [-0.4, -0.2) is 25.5 Å². The SMILES string of the molecule is COc1ccccc1CNC(=O)[C@H]1CC(=O)N(c2ccc(C)c(F)c2)C1. The third-order valence-electron chi connectivity index (χ3n) is 4.61. The number of hydrogen-bond acceptors (Lipinski definition) is 3. The van der Waals surface area contributed by atoms with Crippen LogP contribution < -0.4 is 15.0 Å². The second kappa shape index (κ2) is 7.56. The molecule has 1 atom stereocenters. The van der Waals surface area contributed by atoms with Gasteiger partial charge in [-0.3, -0.25) is 9.59 Å². The van der Waals surface area contributed by atoms with E-state index in [0.717, 1.165) is 5.56 Å². The van der Waals surface area contributed by atoms with Crippen molar-refractivity contribution in [3.05, 3.63) is 59.4 Å². The molecule has 26 heavy (non-hydrogen) atoms. The summed E-state index contributed by atoms with van der Waals surface area (Å²) in [5.74, 6) is -0.488. The number of aryl methyl sites for hydroxylation is 1. The number of ether oxygens (including phenoxy) is 1. The summed E-state index contributed by atoms with van der Waals surface area (Å²) in [7, 11) is 1.58. The minimum absolute atomic E-state index is 0.118. The van der Waals surface area contributed by atoms with E-state index >= 15 is 0 Å². The van der Waals surface area contributed by atoms with Crippen LogP contribution in [0.5, 0.6) is 5.75 Å². The molecular formula is C20H21FN2O3. The van der Waals surface area contributed by atoms with Gasteiger partial charge >= 0.3 is 0 Å². The standard InChI is InChI=1S/C20H21FN2O3/c1-13-7-8-16(10-17(13)21)23-12-15(9-19(23)24)20(25)22-11-14-5-3-4-6-18(14)26-2/h3-8,10,15H,9,11-12H2,1-2H3,(H,22,25)/t15-/m0/s1. The molecule has 136 valence electrons. The molecular weight excluding hydrogens is 335 g/mol. The van der Waals surface area contributed by atoms with E-state index in [0.29, 0.717) is 23.5 Å². The Kier molecular flexibility index (Phi) is 5.21. The summed E-state index contributed by atoms with van der Waals surface area (Å²) in [6.45, 7) is 2.24. The summed E-state index contributed by atoms with van der Waals surface area (Å²) in [4.78, 5) is 26.2. The fourth-order valence-corrected chi connectivity index (χ4v) is 3.06. The van der Waals surface area contributed by atoms with Gasteiger partial charge in [0.2, 0.25) is 11.8 Å². The highest BCUT2D eigenvalue weighted by Crippen LogP contribution is 2.27. The number of nitrogens with zero attached hydrogens (tertiary/aromatic N) is 1. The first-order chi connectivity index (χ1) is 12.5. The molecule has 1 heterocycles. The number of carbonyl (C=O) groups excluding carboxylic acids is 2. The molecule has 0 aliphatic carbocycles. The van der Waals surface area contributed by atoms with Crippen LogP contribution in [0.1, 0.15) is 17.5 Å². The van der Waals surface area contributed by atoms with Crippen molar-refractivity contribution >= 4 is 17.5 Å². The van der Waals surface area contributed by atoms with Gasteiger partial charge in [-0.25, -0.2) is 4.39 Å². The molecule has 0 aromatic heterocycles. The average Bonchev–Trinajstić information content (AvgIpc) is 3.04. The number of hydrogen-bond donors (Lipinski definition) is 1. The fourth-order valence-electron chi connectivity index (χ4n) is 3.06. The zero-order valence-corrected chi connectivity index (χ0v) is 14.8.